The highest BCUT2D eigenvalue weighted by Gasteiger charge is 2.31. The molecule has 9 heteroatoms. The van der Waals surface area contributed by atoms with Gasteiger partial charge in [-0.1, -0.05) is 23.8 Å². The topological polar surface area (TPSA) is 66.5 Å². The van der Waals surface area contributed by atoms with Crippen LogP contribution in [0.4, 0.5) is 18.9 Å². The fourth-order valence-corrected chi connectivity index (χ4v) is 3.79. The Bertz CT molecular complexity index is 987. The molecule has 2 aromatic carbocycles. The molecule has 0 aromatic heterocycles. The second kappa shape index (κ2) is 8.44. The molecule has 2 rings (SSSR count). The number of amides is 1. The van der Waals surface area contributed by atoms with Gasteiger partial charge in [-0.3, -0.25) is 9.10 Å². The maximum atomic E-state index is 12.7. The van der Waals surface area contributed by atoms with Crippen molar-refractivity contribution in [1.82, 2.24) is 5.32 Å². The van der Waals surface area contributed by atoms with Gasteiger partial charge in [0.05, 0.1) is 23.5 Å². The zero-order chi connectivity index (χ0) is 22.0. The van der Waals surface area contributed by atoms with Gasteiger partial charge in [-0.15, -0.1) is 0 Å². The number of carbonyl (C=O) groups excluding carboxylic acids is 1. The van der Waals surface area contributed by atoms with E-state index in [4.69, 9.17) is 0 Å². The molecule has 0 bridgehead atoms. The van der Waals surface area contributed by atoms with Gasteiger partial charge < -0.3 is 5.32 Å². The standard InChI is InChI=1S/C20H23F3N2O3S/c1-13-5-6-14(2)18(11-13)15(3)24-19(26)12-25(29(4,27)28)17-9-7-16(8-10-17)20(21,22)23/h5-11,15H,12H2,1-4H3,(H,24,26)/t15-/m0/s1. The second-order valence-corrected chi connectivity index (χ2v) is 8.87. The molecule has 29 heavy (non-hydrogen) atoms. The van der Waals surface area contributed by atoms with E-state index in [1.807, 2.05) is 32.0 Å². The lowest BCUT2D eigenvalue weighted by atomic mass is 10.00. The quantitative estimate of drug-likeness (QED) is 0.757. The molecule has 5 nitrogen and oxygen atoms in total. The number of nitrogens with one attached hydrogen (secondary N) is 1. The third-order valence-electron chi connectivity index (χ3n) is 4.45. The maximum Gasteiger partial charge on any atom is 0.416 e. The van der Waals surface area contributed by atoms with Crippen LogP contribution >= 0.6 is 0 Å². The molecule has 0 saturated heterocycles. The van der Waals surface area contributed by atoms with Crippen LogP contribution in [0.25, 0.3) is 0 Å². The van der Waals surface area contributed by atoms with Crippen LogP contribution in [0.3, 0.4) is 0 Å². The molecule has 1 N–H and O–H groups in total. The first-order chi connectivity index (χ1) is 13.3. The van der Waals surface area contributed by atoms with Gasteiger partial charge in [-0.05, 0) is 56.2 Å². The zero-order valence-corrected chi connectivity index (χ0v) is 17.4. The van der Waals surface area contributed by atoms with E-state index < -0.39 is 34.2 Å². The van der Waals surface area contributed by atoms with Crippen LogP contribution in [-0.4, -0.2) is 27.1 Å². The first-order valence-corrected chi connectivity index (χ1v) is 10.7. The first-order valence-electron chi connectivity index (χ1n) is 8.80. The minimum Gasteiger partial charge on any atom is -0.348 e. The van der Waals surface area contributed by atoms with Gasteiger partial charge in [0.2, 0.25) is 15.9 Å². The van der Waals surface area contributed by atoms with Crippen LogP contribution in [0.15, 0.2) is 42.5 Å². The number of hydrogen-bond donors (Lipinski definition) is 1. The summed E-state index contributed by atoms with van der Waals surface area (Å²) < 4.78 is 63.2. The van der Waals surface area contributed by atoms with Gasteiger partial charge in [-0.25, -0.2) is 8.42 Å². The fourth-order valence-electron chi connectivity index (χ4n) is 2.94. The SMILES string of the molecule is Cc1ccc(C)c([C@H](C)NC(=O)CN(c2ccc(C(F)(F)F)cc2)S(C)(=O)=O)c1. The molecule has 2 aromatic rings. The smallest absolute Gasteiger partial charge is 0.348 e. The Morgan fingerprint density at radius 2 is 1.69 bits per heavy atom. The van der Waals surface area contributed by atoms with Gasteiger partial charge in [0.1, 0.15) is 6.54 Å². The largest absolute Gasteiger partial charge is 0.416 e. The molecule has 0 aliphatic heterocycles. The number of aryl methyl sites for hydroxylation is 2. The molecule has 0 aliphatic carbocycles. The number of halogens is 3. The maximum absolute atomic E-state index is 12.7. The van der Waals surface area contributed by atoms with Crippen LogP contribution in [0, 0.1) is 13.8 Å². The van der Waals surface area contributed by atoms with Crippen molar-refractivity contribution >= 4 is 21.6 Å². The number of hydrogen-bond acceptors (Lipinski definition) is 3. The van der Waals surface area contributed by atoms with Gasteiger partial charge >= 0.3 is 6.18 Å². The summed E-state index contributed by atoms with van der Waals surface area (Å²) in [6.07, 6.45) is -3.64. The van der Waals surface area contributed by atoms with Crippen LogP contribution in [0.2, 0.25) is 0 Å². The molecule has 1 amide bonds. The summed E-state index contributed by atoms with van der Waals surface area (Å²) in [7, 11) is -3.89. The van der Waals surface area contributed by atoms with Gasteiger partial charge in [0.25, 0.3) is 0 Å². The predicted molar refractivity (Wildman–Crippen MR) is 106 cm³/mol. The van der Waals surface area contributed by atoms with E-state index in [1.165, 1.54) is 0 Å². The summed E-state index contributed by atoms with van der Waals surface area (Å²) in [5.41, 5.74) is 1.98. The highest BCUT2D eigenvalue weighted by atomic mass is 32.2. The number of alkyl halides is 3. The van der Waals surface area contributed by atoms with E-state index in [0.29, 0.717) is 0 Å². The minimum absolute atomic E-state index is 0.0185. The van der Waals surface area contributed by atoms with Crippen molar-refractivity contribution in [2.45, 2.75) is 33.0 Å². The second-order valence-electron chi connectivity index (χ2n) is 6.96. The van der Waals surface area contributed by atoms with E-state index in [2.05, 4.69) is 5.32 Å². The Labute approximate surface area is 168 Å². The fraction of sp³-hybridized carbons (Fsp3) is 0.350. The third-order valence-corrected chi connectivity index (χ3v) is 5.59. The van der Waals surface area contributed by atoms with Gasteiger partial charge in [-0.2, -0.15) is 13.2 Å². The van der Waals surface area contributed by atoms with E-state index in [-0.39, 0.29) is 11.7 Å². The minimum atomic E-state index is -4.53. The lowest BCUT2D eigenvalue weighted by Gasteiger charge is -2.24. The first kappa shape index (κ1) is 22.7. The van der Waals surface area contributed by atoms with Crippen LogP contribution in [-0.2, 0) is 21.0 Å². The summed E-state index contributed by atoms with van der Waals surface area (Å²) >= 11 is 0. The Kier molecular flexibility index (Phi) is 6.62. The molecule has 0 radical (unpaired) electrons. The Morgan fingerprint density at radius 1 is 1.10 bits per heavy atom. The Hall–Kier alpha value is -2.55. The van der Waals surface area contributed by atoms with Crippen molar-refractivity contribution in [3.63, 3.8) is 0 Å². The van der Waals surface area contributed by atoms with Crippen LogP contribution in [0.5, 0.6) is 0 Å². The Balaban J connectivity index is 2.20. The number of nitrogens with zero attached hydrogens (tertiary/aromatic N) is 1. The van der Waals surface area contributed by atoms with Crippen LogP contribution in [0.1, 0.15) is 35.2 Å². The highest BCUT2D eigenvalue weighted by Crippen LogP contribution is 2.31. The van der Waals surface area contributed by atoms with Crippen molar-refractivity contribution in [3.8, 4) is 0 Å². The summed E-state index contributed by atoms with van der Waals surface area (Å²) in [6.45, 7) is 5.07. The molecule has 158 valence electrons. The van der Waals surface area contributed by atoms with Crippen molar-refractivity contribution in [1.29, 1.82) is 0 Å². The molecule has 0 unspecified atom stereocenters. The lowest BCUT2D eigenvalue weighted by molar-refractivity contribution is -0.137. The number of carbonyl (C=O) groups is 1. The molecule has 0 aliphatic rings. The number of sulfonamides is 1. The van der Waals surface area contributed by atoms with Crippen LogP contribution < -0.4 is 9.62 Å². The summed E-state index contributed by atoms with van der Waals surface area (Å²) in [5.74, 6) is -0.566. The highest BCUT2D eigenvalue weighted by molar-refractivity contribution is 7.92. The average molecular weight is 428 g/mol. The van der Waals surface area contributed by atoms with Crippen molar-refractivity contribution in [2.24, 2.45) is 0 Å². The van der Waals surface area contributed by atoms with Gasteiger partial charge in [0.15, 0.2) is 0 Å². The molecular formula is C20H23F3N2O3S. The summed E-state index contributed by atoms with van der Waals surface area (Å²) in [5, 5.41) is 2.75. The molecule has 1 atom stereocenters. The average Bonchev–Trinajstić information content (AvgIpc) is 2.60. The van der Waals surface area contributed by atoms with Crippen molar-refractivity contribution in [3.05, 3.63) is 64.7 Å². The molecule has 0 spiro atoms. The van der Waals surface area contributed by atoms with E-state index >= 15 is 0 Å². The van der Waals surface area contributed by atoms with E-state index in [0.717, 1.165) is 51.5 Å². The van der Waals surface area contributed by atoms with Crippen molar-refractivity contribution in [2.75, 3.05) is 17.1 Å². The number of anilines is 1. The molecular weight excluding hydrogens is 405 g/mol. The normalized spacial score (nSPS) is 13.1. The van der Waals surface area contributed by atoms with E-state index in [1.54, 1.807) is 6.92 Å². The lowest BCUT2D eigenvalue weighted by Crippen LogP contribution is -2.41. The molecule has 0 heterocycles. The summed E-state index contributed by atoms with van der Waals surface area (Å²) in [6, 6.07) is 9.08. The number of benzene rings is 2. The molecule has 0 fully saturated rings. The van der Waals surface area contributed by atoms with E-state index in [9.17, 15) is 26.4 Å². The predicted octanol–water partition coefficient (Wildman–Crippen LogP) is 3.97. The monoisotopic (exact) mass is 428 g/mol. The van der Waals surface area contributed by atoms with Gasteiger partial charge in [0, 0.05) is 0 Å². The number of rotatable bonds is 6. The molecule has 0 saturated carbocycles. The third kappa shape index (κ3) is 5.96. The van der Waals surface area contributed by atoms with Crippen molar-refractivity contribution < 1.29 is 26.4 Å². The Morgan fingerprint density at radius 3 is 2.21 bits per heavy atom. The summed E-state index contributed by atoms with van der Waals surface area (Å²) in [4.78, 5) is 12.5. The zero-order valence-electron chi connectivity index (χ0n) is 16.5.